The molecule has 1 aliphatic rings. The number of hydroxylamine groups is 1. The summed E-state index contributed by atoms with van der Waals surface area (Å²) in [6, 6.07) is 11.4. The molecule has 2 aromatic carbocycles. The van der Waals surface area contributed by atoms with Crippen molar-refractivity contribution in [3.05, 3.63) is 54.1 Å². The molecule has 1 saturated heterocycles. The van der Waals surface area contributed by atoms with Gasteiger partial charge in [-0.15, -0.1) is 13.2 Å². The van der Waals surface area contributed by atoms with Crippen LogP contribution in [0, 0.1) is 0 Å². The maximum atomic E-state index is 13.3. The van der Waals surface area contributed by atoms with Gasteiger partial charge < -0.3 is 14.0 Å². The molecule has 0 aliphatic carbocycles. The van der Waals surface area contributed by atoms with E-state index < -0.39 is 30.6 Å². The van der Waals surface area contributed by atoms with Crippen molar-refractivity contribution in [3.63, 3.8) is 0 Å². The number of ether oxygens (including phenoxy) is 2. The van der Waals surface area contributed by atoms with Crippen LogP contribution in [0.15, 0.2) is 53.4 Å². The van der Waals surface area contributed by atoms with Gasteiger partial charge in [0.2, 0.25) is 24.2 Å². The van der Waals surface area contributed by atoms with Gasteiger partial charge in [0.05, 0.1) is 11.3 Å². The monoisotopic (exact) mass is 546 g/mol. The summed E-state index contributed by atoms with van der Waals surface area (Å²) in [6.07, 6.45) is -4.43. The third-order valence-electron chi connectivity index (χ3n) is 5.17. The van der Waals surface area contributed by atoms with Crippen LogP contribution < -0.4 is 15.0 Å². The zero-order chi connectivity index (χ0) is 26.6. The zero-order valence-electron chi connectivity index (χ0n) is 20.2. The summed E-state index contributed by atoms with van der Waals surface area (Å²) in [6.45, 7) is 6.13. The molecule has 8 nitrogen and oxygen atoms in total. The quantitative estimate of drug-likeness (QED) is 0.374. The van der Waals surface area contributed by atoms with Crippen LogP contribution in [-0.2, 0) is 25.8 Å². The lowest BCUT2D eigenvalue weighted by Crippen LogP contribution is -2.42. The second kappa shape index (κ2) is 11.2. The van der Waals surface area contributed by atoms with Gasteiger partial charge in [-0.3, -0.25) is 4.79 Å². The molecule has 0 aromatic heterocycles. The summed E-state index contributed by atoms with van der Waals surface area (Å²) < 4.78 is 80.0. The van der Waals surface area contributed by atoms with Crippen molar-refractivity contribution < 1.29 is 40.4 Å². The predicted octanol–water partition coefficient (Wildman–Crippen LogP) is 4.24. The molecule has 1 amide bonds. The number of piperidine rings is 1. The average Bonchev–Trinajstić information content (AvgIpc) is 2.78. The zero-order valence-corrected chi connectivity index (χ0v) is 22.0. The summed E-state index contributed by atoms with van der Waals surface area (Å²) in [5.41, 5.74) is 2.78. The molecule has 2 aromatic rings. The maximum absolute atomic E-state index is 13.3. The summed E-state index contributed by atoms with van der Waals surface area (Å²) in [7, 11) is -5.84. The van der Waals surface area contributed by atoms with Crippen LogP contribution in [0.4, 0.5) is 13.2 Å². The van der Waals surface area contributed by atoms with Gasteiger partial charge in [-0.1, -0.05) is 18.2 Å². The van der Waals surface area contributed by atoms with Crippen LogP contribution in [0.25, 0.3) is 0 Å². The minimum absolute atomic E-state index is 0.0628. The van der Waals surface area contributed by atoms with E-state index in [0.717, 1.165) is 12.1 Å². The SMILES string of the molecule is C[Si](C)(C)ONC(=O)Cc1ccccc1S(=O)(=O)N1CCC(Oc2ccc(OC(F)(F)F)cc2)CC1. The number of rotatable bonds is 9. The minimum atomic E-state index is -4.77. The van der Waals surface area contributed by atoms with E-state index in [1.165, 1.54) is 22.5 Å². The van der Waals surface area contributed by atoms with Crippen LogP contribution in [0.2, 0.25) is 19.6 Å². The largest absolute Gasteiger partial charge is 0.573 e. The lowest BCUT2D eigenvalue weighted by atomic mass is 10.1. The summed E-state index contributed by atoms with van der Waals surface area (Å²) in [4.78, 5) is 12.4. The standard InChI is InChI=1S/C23H29F3N2O6SSi/c1-36(2,3)34-27-22(29)16-17-6-4-5-7-21(17)35(30,31)28-14-12-19(13-15-28)32-18-8-10-20(11-9-18)33-23(24,25)26/h4-11,19H,12-16H2,1-3H3,(H,27,29). The molecule has 1 heterocycles. The van der Waals surface area contributed by atoms with Crippen LogP contribution in [0.5, 0.6) is 11.5 Å². The van der Waals surface area contributed by atoms with Crippen molar-refractivity contribution in [2.24, 2.45) is 0 Å². The van der Waals surface area contributed by atoms with Crippen molar-refractivity contribution in [2.75, 3.05) is 13.1 Å². The second-order valence-electron chi connectivity index (χ2n) is 9.26. The Morgan fingerprint density at radius 2 is 1.61 bits per heavy atom. The van der Waals surface area contributed by atoms with E-state index in [-0.39, 0.29) is 36.3 Å². The van der Waals surface area contributed by atoms with Crippen molar-refractivity contribution in [1.29, 1.82) is 0 Å². The van der Waals surface area contributed by atoms with E-state index in [1.54, 1.807) is 18.2 Å². The lowest BCUT2D eigenvalue weighted by Gasteiger charge is -2.32. The number of amides is 1. The highest BCUT2D eigenvalue weighted by molar-refractivity contribution is 7.89. The molecule has 1 N–H and O–H groups in total. The van der Waals surface area contributed by atoms with Crippen molar-refractivity contribution in [3.8, 4) is 11.5 Å². The highest BCUT2D eigenvalue weighted by Crippen LogP contribution is 2.28. The normalized spacial score (nSPS) is 15.9. The number of nitrogens with one attached hydrogen (secondary N) is 1. The van der Waals surface area contributed by atoms with E-state index in [4.69, 9.17) is 9.26 Å². The molecule has 0 radical (unpaired) electrons. The van der Waals surface area contributed by atoms with Gasteiger partial charge >= 0.3 is 6.36 Å². The van der Waals surface area contributed by atoms with Gasteiger partial charge in [-0.05, 0) is 68.4 Å². The molecule has 3 rings (SSSR count). The Hall–Kier alpha value is -2.61. The van der Waals surface area contributed by atoms with Crippen LogP contribution in [0.3, 0.4) is 0 Å². The highest BCUT2D eigenvalue weighted by atomic mass is 32.2. The van der Waals surface area contributed by atoms with Crippen molar-refractivity contribution in [2.45, 2.75) is 56.3 Å². The Labute approximate surface area is 209 Å². The Kier molecular flexibility index (Phi) is 8.70. The first-order chi connectivity index (χ1) is 16.7. The molecule has 0 unspecified atom stereocenters. The van der Waals surface area contributed by atoms with Crippen molar-refractivity contribution in [1.82, 2.24) is 9.79 Å². The topological polar surface area (TPSA) is 94.2 Å². The minimum Gasteiger partial charge on any atom is -0.490 e. The Bertz CT molecular complexity index is 1150. The molecular weight excluding hydrogens is 517 g/mol. The average molecular weight is 547 g/mol. The molecule has 13 heteroatoms. The molecule has 0 spiro atoms. The molecule has 198 valence electrons. The van der Waals surface area contributed by atoms with E-state index >= 15 is 0 Å². The first-order valence-corrected chi connectivity index (χ1v) is 16.2. The fourth-order valence-corrected chi connectivity index (χ4v) is 5.67. The number of hydrogen-bond donors (Lipinski definition) is 1. The fraction of sp³-hybridized carbons (Fsp3) is 0.435. The molecular formula is C23H29F3N2O6SSi. The van der Waals surface area contributed by atoms with Crippen molar-refractivity contribution >= 4 is 24.2 Å². The van der Waals surface area contributed by atoms with Gasteiger partial charge in [0.1, 0.15) is 17.6 Å². The fourth-order valence-electron chi connectivity index (χ4n) is 3.56. The molecule has 36 heavy (non-hydrogen) atoms. The van der Waals surface area contributed by atoms with Crippen LogP contribution in [-0.4, -0.2) is 52.5 Å². The molecule has 1 fully saturated rings. The molecule has 0 atom stereocenters. The van der Waals surface area contributed by atoms with Gasteiger partial charge in [0.25, 0.3) is 0 Å². The number of hydrogen-bond acceptors (Lipinski definition) is 6. The third kappa shape index (κ3) is 8.22. The third-order valence-corrected chi connectivity index (χ3v) is 7.89. The predicted molar refractivity (Wildman–Crippen MR) is 128 cm³/mol. The number of benzene rings is 2. The molecule has 0 saturated carbocycles. The Balaban J connectivity index is 1.60. The van der Waals surface area contributed by atoms with Gasteiger partial charge in [-0.2, -0.15) is 4.31 Å². The van der Waals surface area contributed by atoms with Gasteiger partial charge in [0.15, 0.2) is 0 Å². The first kappa shape index (κ1) is 28.0. The number of halogens is 3. The molecule has 0 bridgehead atoms. The van der Waals surface area contributed by atoms with E-state index in [0.29, 0.717) is 24.2 Å². The number of sulfonamides is 1. The summed E-state index contributed by atoms with van der Waals surface area (Å²) >= 11 is 0. The van der Waals surface area contributed by atoms with E-state index in [9.17, 15) is 26.4 Å². The second-order valence-corrected chi connectivity index (χ2v) is 15.6. The number of carbonyl (C=O) groups excluding carboxylic acids is 1. The summed E-state index contributed by atoms with van der Waals surface area (Å²) in [5, 5.41) is 0. The van der Waals surface area contributed by atoms with E-state index in [2.05, 4.69) is 10.2 Å². The first-order valence-electron chi connectivity index (χ1n) is 11.3. The Morgan fingerprint density at radius 3 is 2.19 bits per heavy atom. The van der Waals surface area contributed by atoms with E-state index in [1.807, 2.05) is 19.6 Å². The highest BCUT2D eigenvalue weighted by Gasteiger charge is 2.33. The van der Waals surface area contributed by atoms with Crippen LogP contribution >= 0.6 is 0 Å². The maximum Gasteiger partial charge on any atom is 0.573 e. The summed E-state index contributed by atoms with van der Waals surface area (Å²) in [5.74, 6) is -0.420. The smallest absolute Gasteiger partial charge is 0.490 e. The molecule has 1 aliphatic heterocycles. The number of carbonyl (C=O) groups is 1. The van der Waals surface area contributed by atoms with Gasteiger partial charge in [-0.25, -0.2) is 13.9 Å². The Morgan fingerprint density at radius 1 is 1.03 bits per heavy atom. The van der Waals surface area contributed by atoms with Crippen LogP contribution in [0.1, 0.15) is 18.4 Å². The lowest BCUT2D eigenvalue weighted by molar-refractivity contribution is -0.274. The van der Waals surface area contributed by atoms with Gasteiger partial charge in [0, 0.05) is 13.1 Å². The number of nitrogens with zero attached hydrogens (tertiary/aromatic N) is 1. The number of alkyl halides is 3.